The van der Waals surface area contributed by atoms with Gasteiger partial charge in [0.15, 0.2) is 6.29 Å². The lowest BCUT2D eigenvalue weighted by Gasteiger charge is -2.18. The van der Waals surface area contributed by atoms with Gasteiger partial charge in [0.25, 0.3) is 0 Å². The quantitative estimate of drug-likeness (QED) is 0.624. The van der Waals surface area contributed by atoms with Crippen molar-refractivity contribution in [3.8, 4) is 0 Å². The van der Waals surface area contributed by atoms with E-state index in [0.717, 1.165) is 25.6 Å². The van der Waals surface area contributed by atoms with E-state index in [0.29, 0.717) is 5.92 Å². The van der Waals surface area contributed by atoms with Crippen molar-refractivity contribution in [3.63, 3.8) is 0 Å². The summed E-state index contributed by atoms with van der Waals surface area (Å²) in [6, 6.07) is 0. The van der Waals surface area contributed by atoms with E-state index in [4.69, 9.17) is 9.47 Å². The fourth-order valence-corrected chi connectivity index (χ4v) is 2.46. The highest BCUT2D eigenvalue weighted by molar-refractivity contribution is 4.89. The van der Waals surface area contributed by atoms with Gasteiger partial charge in [0.1, 0.15) is 0 Å². The summed E-state index contributed by atoms with van der Waals surface area (Å²) in [5, 5.41) is 0. The van der Waals surface area contributed by atoms with E-state index in [-0.39, 0.29) is 6.29 Å². The van der Waals surface area contributed by atoms with Crippen LogP contribution in [0.1, 0.15) is 25.7 Å². The standard InChI is InChI=1S/C11H18O2/c1-2-9-4-3-5-10(9)8-11-12-6-7-13-11/h2,9-11H,1,3-8H2/t9-,10+/m0/s1. The summed E-state index contributed by atoms with van der Waals surface area (Å²) in [5.74, 6) is 1.45. The van der Waals surface area contributed by atoms with Crippen LogP contribution in [0.4, 0.5) is 0 Å². The van der Waals surface area contributed by atoms with Crippen LogP contribution in [0.15, 0.2) is 12.7 Å². The number of rotatable bonds is 3. The Bertz CT molecular complexity index is 173. The molecular weight excluding hydrogens is 164 g/mol. The lowest BCUT2D eigenvalue weighted by Crippen LogP contribution is -2.16. The molecule has 0 spiro atoms. The zero-order chi connectivity index (χ0) is 9.10. The molecule has 0 aromatic carbocycles. The molecule has 0 aromatic rings. The molecule has 2 aliphatic rings. The van der Waals surface area contributed by atoms with Crippen LogP contribution in [0.25, 0.3) is 0 Å². The average Bonchev–Trinajstić information content (AvgIpc) is 2.76. The van der Waals surface area contributed by atoms with E-state index in [2.05, 4.69) is 12.7 Å². The Balaban J connectivity index is 1.82. The first-order valence-electron chi connectivity index (χ1n) is 5.26. The molecule has 2 fully saturated rings. The van der Waals surface area contributed by atoms with E-state index in [9.17, 15) is 0 Å². The van der Waals surface area contributed by atoms with Crippen LogP contribution in [-0.4, -0.2) is 19.5 Å². The molecule has 0 unspecified atom stereocenters. The maximum absolute atomic E-state index is 5.45. The van der Waals surface area contributed by atoms with Crippen molar-refractivity contribution in [2.45, 2.75) is 32.0 Å². The Labute approximate surface area is 79.9 Å². The smallest absolute Gasteiger partial charge is 0.158 e. The van der Waals surface area contributed by atoms with Crippen molar-refractivity contribution >= 4 is 0 Å². The van der Waals surface area contributed by atoms with Gasteiger partial charge in [0.05, 0.1) is 13.2 Å². The molecule has 1 aliphatic carbocycles. The lowest BCUT2D eigenvalue weighted by molar-refractivity contribution is -0.0585. The SMILES string of the molecule is C=C[C@H]1CCC[C@@H]1CC1OCCO1. The van der Waals surface area contributed by atoms with E-state index in [1.54, 1.807) is 0 Å². The van der Waals surface area contributed by atoms with Gasteiger partial charge in [-0.05, 0) is 24.7 Å². The van der Waals surface area contributed by atoms with E-state index in [1.165, 1.54) is 19.3 Å². The molecule has 13 heavy (non-hydrogen) atoms. The average molecular weight is 182 g/mol. The minimum atomic E-state index is 0.0746. The highest BCUT2D eigenvalue weighted by Crippen LogP contribution is 2.36. The van der Waals surface area contributed by atoms with Crippen LogP contribution in [0.2, 0.25) is 0 Å². The summed E-state index contributed by atoms with van der Waals surface area (Å²) in [5.41, 5.74) is 0. The Morgan fingerprint density at radius 1 is 1.23 bits per heavy atom. The van der Waals surface area contributed by atoms with Crippen LogP contribution in [0.3, 0.4) is 0 Å². The van der Waals surface area contributed by atoms with E-state index < -0.39 is 0 Å². The molecule has 2 nitrogen and oxygen atoms in total. The third kappa shape index (κ3) is 2.12. The maximum Gasteiger partial charge on any atom is 0.158 e. The van der Waals surface area contributed by atoms with Gasteiger partial charge in [-0.2, -0.15) is 0 Å². The van der Waals surface area contributed by atoms with Crippen LogP contribution >= 0.6 is 0 Å². The first-order valence-corrected chi connectivity index (χ1v) is 5.26. The molecule has 0 N–H and O–H groups in total. The van der Waals surface area contributed by atoms with Gasteiger partial charge in [0.2, 0.25) is 0 Å². The van der Waals surface area contributed by atoms with E-state index >= 15 is 0 Å². The summed E-state index contributed by atoms with van der Waals surface area (Å²) in [7, 11) is 0. The monoisotopic (exact) mass is 182 g/mol. The first-order chi connectivity index (χ1) is 6.40. The van der Waals surface area contributed by atoms with E-state index in [1.807, 2.05) is 0 Å². The second-order valence-corrected chi connectivity index (χ2v) is 4.00. The van der Waals surface area contributed by atoms with Gasteiger partial charge in [-0.1, -0.05) is 12.5 Å². The maximum atomic E-state index is 5.45. The molecule has 0 aromatic heterocycles. The molecular formula is C11H18O2. The van der Waals surface area contributed by atoms with Crippen LogP contribution in [0.5, 0.6) is 0 Å². The first kappa shape index (κ1) is 9.22. The Kier molecular flexibility index (Phi) is 3.01. The van der Waals surface area contributed by atoms with Crippen LogP contribution in [0, 0.1) is 11.8 Å². The zero-order valence-corrected chi connectivity index (χ0v) is 8.08. The van der Waals surface area contributed by atoms with Gasteiger partial charge < -0.3 is 9.47 Å². The molecule has 1 saturated heterocycles. The molecule has 2 heteroatoms. The van der Waals surface area contributed by atoms with Crippen molar-refractivity contribution in [1.82, 2.24) is 0 Å². The molecule has 0 radical (unpaired) electrons. The summed E-state index contributed by atoms with van der Waals surface area (Å²) in [6.07, 6.45) is 7.21. The fourth-order valence-electron chi connectivity index (χ4n) is 2.46. The molecule has 0 amide bonds. The van der Waals surface area contributed by atoms with Gasteiger partial charge in [0, 0.05) is 6.42 Å². The molecule has 0 bridgehead atoms. The van der Waals surface area contributed by atoms with Crippen molar-refractivity contribution < 1.29 is 9.47 Å². The van der Waals surface area contributed by atoms with Gasteiger partial charge in [-0.15, -0.1) is 6.58 Å². The van der Waals surface area contributed by atoms with Crippen molar-refractivity contribution in [2.75, 3.05) is 13.2 Å². The van der Waals surface area contributed by atoms with Gasteiger partial charge in [-0.3, -0.25) is 0 Å². The molecule has 2 atom stereocenters. The van der Waals surface area contributed by atoms with Crippen LogP contribution < -0.4 is 0 Å². The Morgan fingerprint density at radius 2 is 2.00 bits per heavy atom. The highest BCUT2D eigenvalue weighted by Gasteiger charge is 2.29. The predicted octanol–water partition coefficient (Wildman–Crippen LogP) is 2.35. The largest absolute Gasteiger partial charge is 0.350 e. The number of hydrogen-bond acceptors (Lipinski definition) is 2. The minimum absolute atomic E-state index is 0.0746. The Hall–Kier alpha value is -0.340. The second-order valence-electron chi connectivity index (χ2n) is 4.00. The molecule has 1 heterocycles. The zero-order valence-electron chi connectivity index (χ0n) is 8.08. The topological polar surface area (TPSA) is 18.5 Å². The molecule has 2 rings (SSSR count). The van der Waals surface area contributed by atoms with Crippen molar-refractivity contribution in [2.24, 2.45) is 11.8 Å². The highest BCUT2D eigenvalue weighted by atomic mass is 16.7. The number of hydrogen-bond donors (Lipinski definition) is 0. The van der Waals surface area contributed by atoms with Gasteiger partial charge >= 0.3 is 0 Å². The van der Waals surface area contributed by atoms with Crippen molar-refractivity contribution in [3.05, 3.63) is 12.7 Å². The number of allylic oxidation sites excluding steroid dienone is 1. The lowest BCUT2D eigenvalue weighted by atomic mass is 9.93. The van der Waals surface area contributed by atoms with Crippen LogP contribution in [-0.2, 0) is 9.47 Å². The molecule has 1 aliphatic heterocycles. The summed E-state index contributed by atoms with van der Waals surface area (Å²) in [6.45, 7) is 5.43. The Morgan fingerprint density at radius 3 is 2.69 bits per heavy atom. The van der Waals surface area contributed by atoms with Gasteiger partial charge in [-0.25, -0.2) is 0 Å². The molecule has 1 saturated carbocycles. The minimum Gasteiger partial charge on any atom is -0.350 e. The second kappa shape index (κ2) is 4.25. The predicted molar refractivity (Wildman–Crippen MR) is 51.3 cm³/mol. The van der Waals surface area contributed by atoms with Crippen molar-refractivity contribution in [1.29, 1.82) is 0 Å². The normalized spacial score (nSPS) is 35.4. The summed E-state index contributed by atoms with van der Waals surface area (Å²) < 4.78 is 10.9. The number of ether oxygens (including phenoxy) is 2. The fraction of sp³-hybridized carbons (Fsp3) is 0.818. The molecule has 74 valence electrons. The summed E-state index contributed by atoms with van der Waals surface area (Å²) >= 11 is 0. The third-order valence-electron chi connectivity index (χ3n) is 3.21. The summed E-state index contributed by atoms with van der Waals surface area (Å²) in [4.78, 5) is 0. The third-order valence-corrected chi connectivity index (χ3v) is 3.21.